The van der Waals surface area contributed by atoms with Crippen LogP contribution in [0.5, 0.6) is 0 Å². The average Bonchev–Trinajstić information content (AvgIpc) is 2.34. The van der Waals surface area contributed by atoms with Gasteiger partial charge in [-0.15, -0.1) is 0 Å². The van der Waals surface area contributed by atoms with Crippen molar-refractivity contribution in [2.45, 2.75) is 32.2 Å². The van der Waals surface area contributed by atoms with Crippen molar-refractivity contribution in [2.24, 2.45) is 11.7 Å². The third-order valence-electron chi connectivity index (χ3n) is 3.55. The van der Waals surface area contributed by atoms with E-state index in [2.05, 4.69) is 0 Å². The van der Waals surface area contributed by atoms with Crippen LogP contribution in [0.15, 0.2) is 18.2 Å². The van der Waals surface area contributed by atoms with Crippen LogP contribution in [0.1, 0.15) is 36.4 Å². The maximum Gasteiger partial charge on any atom is 0.0482 e. The van der Waals surface area contributed by atoms with E-state index in [-0.39, 0.29) is 6.04 Å². The summed E-state index contributed by atoms with van der Waals surface area (Å²) in [5.41, 5.74) is 8.46. The summed E-state index contributed by atoms with van der Waals surface area (Å²) in [4.78, 5) is 0. The normalized spacial score (nSPS) is 19.2. The van der Waals surface area contributed by atoms with Gasteiger partial charge in [-0.1, -0.05) is 29.8 Å². The highest BCUT2D eigenvalue weighted by Crippen LogP contribution is 2.31. The number of aryl methyl sites for hydroxylation is 1. The highest BCUT2D eigenvalue weighted by Gasteiger charge is 2.19. The van der Waals surface area contributed by atoms with Gasteiger partial charge in [-0.2, -0.15) is 0 Å². The van der Waals surface area contributed by atoms with Crippen LogP contribution >= 0.6 is 11.6 Å². The van der Waals surface area contributed by atoms with Crippen LogP contribution in [0.3, 0.4) is 0 Å². The van der Waals surface area contributed by atoms with E-state index in [1.807, 2.05) is 25.1 Å². The Bertz CT molecular complexity index is 374. The van der Waals surface area contributed by atoms with Gasteiger partial charge in [0.1, 0.15) is 0 Å². The van der Waals surface area contributed by atoms with E-state index in [9.17, 15) is 0 Å². The van der Waals surface area contributed by atoms with Crippen molar-refractivity contribution in [3.8, 4) is 0 Å². The molecule has 0 spiro atoms. The first-order valence-corrected chi connectivity index (χ1v) is 6.64. The monoisotopic (exact) mass is 253 g/mol. The molecule has 1 aromatic rings. The minimum atomic E-state index is 0.0468. The van der Waals surface area contributed by atoms with Gasteiger partial charge in [-0.25, -0.2) is 0 Å². The molecule has 1 aliphatic heterocycles. The lowest BCUT2D eigenvalue weighted by Gasteiger charge is -2.25. The highest BCUT2D eigenvalue weighted by atomic mass is 35.5. The number of hydrogen-bond donors (Lipinski definition) is 1. The second kappa shape index (κ2) is 5.85. The number of benzene rings is 1. The second-order valence-corrected chi connectivity index (χ2v) is 5.25. The Morgan fingerprint density at radius 2 is 2.12 bits per heavy atom. The summed E-state index contributed by atoms with van der Waals surface area (Å²) in [7, 11) is 0. The lowest BCUT2D eigenvalue weighted by molar-refractivity contribution is 0.0618. The number of ether oxygens (including phenoxy) is 1. The molecule has 1 aromatic carbocycles. The van der Waals surface area contributed by atoms with Crippen molar-refractivity contribution in [1.29, 1.82) is 0 Å². The Morgan fingerprint density at radius 3 is 2.82 bits per heavy atom. The van der Waals surface area contributed by atoms with E-state index < -0.39 is 0 Å². The number of nitrogens with two attached hydrogens (primary N) is 1. The zero-order chi connectivity index (χ0) is 12.3. The maximum atomic E-state index is 6.30. The van der Waals surface area contributed by atoms with E-state index >= 15 is 0 Å². The number of halogens is 1. The van der Waals surface area contributed by atoms with Gasteiger partial charge in [-0.05, 0) is 43.2 Å². The number of hydrogen-bond acceptors (Lipinski definition) is 2. The van der Waals surface area contributed by atoms with E-state index in [0.717, 1.165) is 48.6 Å². The smallest absolute Gasteiger partial charge is 0.0482 e. The third kappa shape index (κ3) is 3.21. The summed E-state index contributed by atoms with van der Waals surface area (Å²) in [6, 6.07) is 6.14. The summed E-state index contributed by atoms with van der Waals surface area (Å²) in [5.74, 6) is 0.676. The molecule has 1 fully saturated rings. The summed E-state index contributed by atoms with van der Waals surface area (Å²) < 4.78 is 5.36. The van der Waals surface area contributed by atoms with Crippen LogP contribution < -0.4 is 5.73 Å². The Balaban J connectivity index is 2.03. The van der Waals surface area contributed by atoms with Gasteiger partial charge in [0, 0.05) is 24.3 Å². The second-order valence-electron chi connectivity index (χ2n) is 4.88. The fraction of sp³-hybridized carbons (Fsp3) is 0.571. The molecule has 0 radical (unpaired) electrons. The quantitative estimate of drug-likeness (QED) is 0.895. The van der Waals surface area contributed by atoms with Gasteiger partial charge in [0.25, 0.3) is 0 Å². The van der Waals surface area contributed by atoms with Gasteiger partial charge in [0.15, 0.2) is 0 Å². The summed E-state index contributed by atoms with van der Waals surface area (Å²) in [6.07, 6.45) is 3.25. The summed E-state index contributed by atoms with van der Waals surface area (Å²) in [5, 5.41) is 0.826. The van der Waals surface area contributed by atoms with Crippen LogP contribution in [0.2, 0.25) is 5.02 Å². The molecular formula is C14H20ClNO. The highest BCUT2D eigenvalue weighted by molar-refractivity contribution is 6.32. The molecule has 1 heterocycles. The van der Waals surface area contributed by atoms with E-state index in [4.69, 9.17) is 22.1 Å². The molecule has 17 heavy (non-hydrogen) atoms. The molecule has 0 aromatic heterocycles. The van der Waals surface area contributed by atoms with Gasteiger partial charge in [-0.3, -0.25) is 0 Å². The van der Waals surface area contributed by atoms with Crippen LogP contribution in [-0.2, 0) is 4.74 Å². The van der Waals surface area contributed by atoms with E-state index in [1.165, 1.54) is 0 Å². The maximum absolute atomic E-state index is 6.30. The Hall–Kier alpha value is -0.570. The standard InChI is InChI=1S/C14H20ClNO/c1-10-3-2-4-12(14(10)15)13(16)9-11-5-7-17-8-6-11/h2-4,11,13H,5-9,16H2,1H3. The molecule has 0 aliphatic carbocycles. The van der Waals surface area contributed by atoms with Crippen molar-refractivity contribution in [2.75, 3.05) is 13.2 Å². The Kier molecular flexibility index (Phi) is 4.43. The van der Waals surface area contributed by atoms with Gasteiger partial charge in [0.2, 0.25) is 0 Å². The molecule has 1 aliphatic rings. The van der Waals surface area contributed by atoms with Crippen LogP contribution in [0, 0.1) is 12.8 Å². The van der Waals surface area contributed by atoms with Crippen molar-refractivity contribution in [3.05, 3.63) is 34.3 Å². The zero-order valence-corrected chi connectivity index (χ0v) is 11.0. The topological polar surface area (TPSA) is 35.2 Å². The van der Waals surface area contributed by atoms with Gasteiger partial charge >= 0.3 is 0 Å². The van der Waals surface area contributed by atoms with Crippen LogP contribution in [0.4, 0.5) is 0 Å². The molecule has 1 atom stereocenters. The van der Waals surface area contributed by atoms with Crippen LogP contribution in [-0.4, -0.2) is 13.2 Å². The summed E-state index contributed by atoms with van der Waals surface area (Å²) >= 11 is 6.30. The molecule has 2 rings (SSSR count). The van der Waals surface area contributed by atoms with Gasteiger partial charge < -0.3 is 10.5 Å². The molecule has 0 bridgehead atoms. The SMILES string of the molecule is Cc1cccc(C(N)CC2CCOCC2)c1Cl. The lowest BCUT2D eigenvalue weighted by Crippen LogP contribution is -2.21. The molecule has 3 heteroatoms. The van der Waals surface area contributed by atoms with Crippen molar-refractivity contribution in [3.63, 3.8) is 0 Å². The number of rotatable bonds is 3. The van der Waals surface area contributed by atoms with E-state index in [1.54, 1.807) is 0 Å². The zero-order valence-electron chi connectivity index (χ0n) is 10.3. The summed E-state index contributed by atoms with van der Waals surface area (Å²) in [6.45, 7) is 3.77. The lowest BCUT2D eigenvalue weighted by atomic mass is 9.89. The first-order chi connectivity index (χ1) is 8.18. The molecule has 0 amide bonds. The largest absolute Gasteiger partial charge is 0.381 e. The fourth-order valence-corrected chi connectivity index (χ4v) is 2.69. The third-order valence-corrected chi connectivity index (χ3v) is 4.07. The molecule has 0 saturated carbocycles. The van der Waals surface area contributed by atoms with Crippen LogP contribution in [0.25, 0.3) is 0 Å². The molecule has 2 N–H and O–H groups in total. The van der Waals surface area contributed by atoms with Crippen molar-refractivity contribution < 1.29 is 4.74 Å². The first-order valence-electron chi connectivity index (χ1n) is 6.27. The molecule has 94 valence electrons. The first kappa shape index (κ1) is 12.9. The van der Waals surface area contributed by atoms with E-state index in [0.29, 0.717) is 5.92 Å². The minimum Gasteiger partial charge on any atom is -0.381 e. The molecule has 2 nitrogen and oxygen atoms in total. The fourth-order valence-electron chi connectivity index (χ4n) is 2.42. The Morgan fingerprint density at radius 1 is 1.41 bits per heavy atom. The average molecular weight is 254 g/mol. The predicted molar refractivity (Wildman–Crippen MR) is 71.3 cm³/mol. The Labute approximate surface area is 108 Å². The molecular weight excluding hydrogens is 234 g/mol. The minimum absolute atomic E-state index is 0.0468. The molecule has 1 saturated heterocycles. The van der Waals surface area contributed by atoms with Gasteiger partial charge in [0.05, 0.1) is 0 Å². The van der Waals surface area contributed by atoms with Crippen molar-refractivity contribution in [1.82, 2.24) is 0 Å². The predicted octanol–water partition coefficient (Wildman–Crippen LogP) is 3.46. The molecule has 1 unspecified atom stereocenters. The van der Waals surface area contributed by atoms with Crippen molar-refractivity contribution >= 4 is 11.6 Å².